The lowest BCUT2D eigenvalue weighted by molar-refractivity contribution is -0.107. The minimum Gasteiger partial charge on any atom is -0.316 e. The summed E-state index contributed by atoms with van der Waals surface area (Å²) in [5.41, 5.74) is 1.72. The Morgan fingerprint density at radius 1 is 1.46 bits per heavy atom. The van der Waals surface area contributed by atoms with E-state index in [-0.39, 0.29) is 12.2 Å². The monoisotopic (exact) mass is 181 g/mol. The number of carbonyl (C=O) groups is 1. The van der Waals surface area contributed by atoms with Crippen LogP contribution in [-0.2, 0) is 17.8 Å². The van der Waals surface area contributed by atoms with Crippen molar-refractivity contribution >= 4 is 6.29 Å². The largest absolute Gasteiger partial charge is 0.316 e. The van der Waals surface area contributed by atoms with Crippen molar-refractivity contribution in [3.8, 4) is 0 Å². The Morgan fingerprint density at radius 2 is 2.23 bits per heavy atom. The Bertz CT molecular complexity index is 299. The summed E-state index contributed by atoms with van der Waals surface area (Å²) in [4.78, 5) is 10.3. The Labute approximate surface area is 76.8 Å². The molecule has 1 aromatic carbocycles. The van der Waals surface area contributed by atoms with E-state index in [1.54, 1.807) is 6.07 Å². The molecular formula is C10H12FNO. The number of benzene rings is 1. The van der Waals surface area contributed by atoms with Crippen LogP contribution in [0.1, 0.15) is 11.1 Å². The van der Waals surface area contributed by atoms with Crippen molar-refractivity contribution in [2.45, 2.75) is 13.0 Å². The highest BCUT2D eigenvalue weighted by atomic mass is 19.1. The summed E-state index contributed by atoms with van der Waals surface area (Å²) in [6, 6.07) is 4.51. The van der Waals surface area contributed by atoms with Crippen LogP contribution in [0, 0.1) is 5.82 Å². The van der Waals surface area contributed by atoms with E-state index in [1.807, 2.05) is 7.05 Å². The van der Waals surface area contributed by atoms with Crippen molar-refractivity contribution in [2.75, 3.05) is 7.05 Å². The van der Waals surface area contributed by atoms with Gasteiger partial charge >= 0.3 is 0 Å². The number of nitrogens with one attached hydrogen (secondary N) is 1. The highest BCUT2D eigenvalue weighted by molar-refractivity contribution is 5.56. The fourth-order valence-electron chi connectivity index (χ4n) is 1.24. The first-order valence-corrected chi connectivity index (χ1v) is 4.13. The molecule has 0 aliphatic rings. The van der Waals surface area contributed by atoms with E-state index in [9.17, 15) is 9.18 Å². The molecule has 1 aromatic rings. The predicted molar refractivity (Wildman–Crippen MR) is 48.9 cm³/mol. The van der Waals surface area contributed by atoms with Crippen molar-refractivity contribution in [2.24, 2.45) is 0 Å². The van der Waals surface area contributed by atoms with Crippen LogP contribution in [0.15, 0.2) is 18.2 Å². The highest BCUT2D eigenvalue weighted by Crippen LogP contribution is 2.11. The molecule has 0 radical (unpaired) electrons. The van der Waals surface area contributed by atoms with Crippen LogP contribution >= 0.6 is 0 Å². The number of aldehydes is 1. The van der Waals surface area contributed by atoms with E-state index in [4.69, 9.17) is 0 Å². The highest BCUT2D eigenvalue weighted by Gasteiger charge is 2.02. The third-order valence-electron chi connectivity index (χ3n) is 1.84. The molecule has 0 spiro atoms. The van der Waals surface area contributed by atoms with Crippen LogP contribution in [0.5, 0.6) is 0 Å². The molecule has 1 rings (SSSR count). The van der Waals surface area contributed by atoms with E-state index in [0.29, 0.717) is 6.54 Å². The van der Waals surface area contributed by atoms with Gasteiger partial charge in [0.25, 0.3) is 0 Å². The second-order valence-corrected chi connectivity index (χ2v) is 2.81. The van der Waals surface area contributed by atoms with Gasteiger partial charge in [-0.05, 0) is 30.3 Å². The molecule has 0 aliphatic carbocycles. The fourth-order valence-corrected chi connectivity index (χ4v) is 1.24. The maximum atomic E-state index is 12.8. The summed E-state index contributed by atoms with van der Waals surface area (Å²) in [5.74, 6) is -0.295. The lowest BCUT2D eigenvalue weighted by Crippen LogP contribution is -2.08. The number of hydrogen-bond acceptors (Lipinski definition) is 2. The third-order valence-corrected chi connectivity index (χ3v) is 1.84. The van der Waals surface area contributed by atoms with Crippen LogP contribution in [0.25, 0.3) is 0 Å². The van der Waals surface area contributed by atoms with Gasteiger partial charge in [-0.2, -0.15) is 0 Å². The lowest BCUT2D eigenvalue weighted by Gasteiger charge is -2.05. The zero-order valence-electron chi connectivity index (χ0n) is 7.51. The van der Waals surface area contributed by atoms with Crippen LogP contribution in [0.3, 0.4) is 0 Å². The number of rotatable bonds is 4. The van der Waals surface area contributed by atoms with E-state index in [1.165, 1.54) is 12.1 Å². The van der Waals surface area contributed by atoms with Gasteiger partial charge in [0.05, 0.1) is 0 Å². The topological polar surface area (TPSA) is 29.1 Å². The summed E-state index contributed by atoms with van der Waals surface area (Å²) in [5, 5.41) is 2.96. The van der Waals surface area contributed by atoms with Gasteiger partial charge in [0, 0.05) is 13.0 Å². The molecule has 0 unspecified atom stereocenters. The lowest BCUT2D eigenvalue weighted by atomic mass is 10.1. The maximum Gasteiger partial charge on any atom is 0.124 e. The minimum atomic E-state index is -0.295. The van der Waals surface area contributed by atoms with Crippen molar-refractivity contribution in [1.82, 2.24) is 5.32 Å². The quantitative estimate of drug-likeness (QED) is 0.709. The smallest absolute Gasteiger partial charge is 0.124 e. The Balaban J connectivity index is 2.95. The third kappa shape index (κ3) is 2.63. The first-order valence-electron chi connectivity index (χ1n) is 4.13. The average Bonchev–Trinajstić information content (AvgIpc) is 2.10. The second kappa shape index (κ2) is 4.72. The van der Waals surface area contributed by atoms with Gasteiger partial charge in [-0.1, -0.05) is 6.07 Å². The number of hydrogen-bond donors (Lipinski definition) is 1. The summed E-state index contributed by atoms with van der Waals surface area (Å²) >= 11 is 0. The zero-order valence-corrected chi connectivity index (χ0v) is 7.51. The standard InChI is InChI=1S/C10H12FNO/c1-12-7-9-2-3-10(11)6-8(9)4-5-13/h2-3,5-6,12H,4,7H2,1H3. The van der Waals surface area contributed by atoms with Crippen LogP contribution in [0.2, 0.25) is 0 Å². The van der Waals surface area contributed by atoms with Gasteiger partial charge in [-0.15, -0.1) is 0 Å². The molecular weight excluding hydrogens is 169 g/mol. The summed E-state index contributed by atoms with van der Waals surface area (Å²) in [6.07, 6.45) is 1.06. The van der Waals surface area contributed by atoms with E-state index < -0.39 is 0 Å². The van der Waals surface area contributed by atoms with Crippen LogP contribution < -0.4 is 5.32 Å². The molecule has 0 bridgehead atoms. The molecule has 1 N–H and O–H groups in total. The molecule has 0 aliphatic heterocycles. The summed E-state index contributed by atoms with van der Waals surface area (Å²) in [7, 11) is 1.81. The first-order chi connectivity index (χ1) is 6.27. The van der Waals surface area contributed by atoms with Crippen LogP contribution in [-0.4, -0.2) is 13.3 Å². The van der Waals surface area contributed by atoms with E-state index in [2.05, 4.69) is 5.32 Å². The average molecular weight is 181 g/mol. The predicted octanol–water partition coefficient (Wildman–Crippen LogP) is 1.29. The van der Waals surface area contributed by atoms with Gasteiger partial charge in [-0.25, -0.2) is 4.39 Å². The van der Waals surface area contributed by atoms with Gasteiger partial charge in [0.1, 0.15) is 12.1 Å². The van der Waals surface area contributed by atoms with Crippen molar-refractivity contribution in [1.29, 1.82) is 0 Å². The number of halogens is 1. The minimum absolute atomic E-state index is 0.273. The Hall–Kier alpha value is -1.22. The molecule has 0 fully saturated rings. The van der Waals surface area contributed by atoms with Gasteiger partial charge in [0.2, 0.25) is 0 Å². The van der Waals surface area contributed by atoms with Crippen LogP contribution in [0.4, 0.5) is 4.39 Å². The molecule has 2 nitrogen and oxygen atoms in total. The van der Waals surface area contributed by atoms with Crippen molar-refractivity contribution in [3.05, 3.63) is 35.1 Å². The molecule has 70 valence electrons. The first kappa shape index (κ1) is 9.86. The maximum absolute atomic E-state index is 12.8. The Morgan fingerprint density at radius 3 is 2.85 bits per heavy atom. The zero-order chi connectivity index (χ0) is 9.68. The van der Waals surface area contributed by atoms with Crippen molar-refractivity contribution < 1.29 is 9.18 Å². The molecule has 0 atom stereocenters. The normalized spacial score (nSPS) is 10.0. The fraction of sp³-hybridized carbons (Fsp3) is 0.300. The molecule has 0 saturated heterocycles. The second-order valence-electron chi connectivity index (χ2n) is 2.81. The molecule has 3 heteroatoms. The Kier molecular flexibility index (Phi) is 3.58. The number of carbonyl (C=O) groups excluding carboxylic acids is 1. The molecule has 0 amide bonds. The summed E-state index contributed by atoms with van der Waals surface area (Å²) < 4.78 is 12.8. The van der Waals surface area contributed by atoms with Gasteiger partial charge in [-0.3, -0.25) is 0 Å². The molecule has 13 heavy (non-hydrogen) atoms. The van der Waals surface area contributed by atoms with Crippen molar-refractivity contribution in [3.63, 3.8) is 0 Å². The molecule has 0 saturated carbocycles. The molecule has 0 heterocycles. The van der Waals surface area contributed by atoms with Gasteiger partial charge in [0.15, 0.2) is 0 Å². The van der Waals surface area contributed by atoms with E-state index >= 15 is 0 Å². The molecule has 0 aromatic heterocycles. The summed E-state index contributed by atoms with van der Waals surface area (Å²) in [6.45, 7) is 0.656. The van der Waals surface area contributed by atoms with Gasteiger partial charge < -0.3 is 10.1 Å². The van der Waals surface area contributed by atoms with E-state index in [0.717, 1.165) is 17.4 Å². The SMILES string of the molecule is CNCc1ccc(F)cc1CC=O.